The molecule has 0 spiro atoms. The molecule has 0 saturated heterocycles. The molecule has 1 aromatic heterocycles. The van der Waals surface area contributed by atoms with Crippen molar-refractivity contribution in [3.63, 3.8) is 0 Å². The topological polar surface area (TPSA) is 84.5 Å². The average molecular weight is 367 g/mol. The highest BCUT2D eigenvalue weighted by Crippen LogP contribution is 2.22. The van der Waals surface area contributed by atoms with Crippen molar-refractivity contribution in [1.82, 2.24) is 10.9 Å². The van der Waals surface area contributed by atoms with E-state index in [-0.39, 0.29) is 25.2 Å². The number of ether oxygens (including phenoxy) is 1. The molecule has 24 heavy (non-hydrogen) atoms. The van der Waals surface area contributed by atoms with Crippen molar-refractivity contribution in [3.05, 3.63) is 51.7 Å². The molecule has 0 bridgehead atoms. The third-order valence-corrected chi connectivity index (χ3v) is 4.14. The molecule has 6 nitrogen and oxygen atoms in total. The van der Waals surface area contributed by atoms with Crippen LogP contribution in [-0.4, -0.2) is 24.2 Å². The summed E-state index contributed by atoms with van der Waals surface area (Å²) in [6.07, 6.45) is 0.0702. The smallest absolute Gasteiger partial charge is 0.276 e. The van der Waals surface area contributed by atoms with Gasteiger partial charge < -0.3 is 4.74 Å². The highest BCUT2D eigenvalue weighted by atomic mass is 35.5. The third kappa shape index (κ3) is 5.68. The Balaban J connectivity index is 1.65. The maximum Gasteiger partial charge on any atom is 0.276 e. The molecular formula is C16H15ClN2O4S. The van der Waals surface area contributed by atoms with Crippen LogP contribution in [0.15, 0.2) is 41.8 Å². The molecular weight excluding hydrogens is 352 g/mol. The average Bonchev–Trinajstić information content (AvgIpc) is 3.11. The number of benzene rings is 1. The first-order valence-corrected chi connectivity index (χ1v) is 8.33. The van der Waals surface area contributed by atoms with Gasteiger partial charge in [-0.2, -0.15) is 0 Å². The van der Waals surface area contributed by atoms with Gasteiger partial charge in [-0.05, 0) is 23.6 Å². The Morgan fingerprint density at radius 2 is 1.75 bits per heavy atom. The van der Waals surface area contributed by atoms with E-state index in [0.717, 1.165) is 0 Å². The predicted molar refractivity (Wildman–Crippen MR) is 91.1 cm³/mol. The van der Waals surface area contributed by atoms with E-state index < -0.39 is 11.8 Å². The van der Waals surface area contributed by atoms with E-state index in [0.29, 0.717) is 15.6 Å². The first-order valence-electron chi connectivity index (χ1n) is 7.08. The second kappa shape index (κ2) is 9.05. The van der Waals surface area contributed by atoms with Crippen molar-refractivity contribution in [1.29, 1.82) is 0 Å². The number of hydrogen-bond acceptors (Lipinski definition) is 5. The zero-order valence-corrected chi connectivity index (χ0v) is 14.2. The maximum absolute atomic E-state index is 11.8. The monoisotopic (exact) mass is 366 g/mol. The standard InChI is InChI=1S/C16H15ClN2O4S/c17-11-4-1-2-5-13(11)23-10-16(22)19-18-15(21)8-7-12(20)14-6-3-9-24-14/h1-6,9H,7-8,10H2,(H,18,21)(H,19,22). The van der Waals surface area contributed by atoms with Crippen LogP contribution < -0.4 is 15.6 Å². The number of carbonyl (C=O) groups is 3. The molecule has 2 rings (SSSR count). The van der Waals surface area contributed by atoms with Gasteiger partial charge in [0.05, 0.1) is 9.90 Å². The van der Waals surface area contributed by atoms with E-state index >= 15 is 0 Å². The van der Waals surface area contributed by atoms with Crippen LogP contribution in [-0.2, 0) is 9.59 Å². The maximum atomic E-state index is 11.8. The van der Waals surface area contributed by atoms with E-state index in [1.165, 1.54) is 11.3 Å². The summed E-state index contributed by atoms with van der Waals surface area (Å²) in [7, 11) is 0. The number of carbonyl (C=O) groups excluding carboxylic acids is 3. The van der Waals surface area contributed by atoms with Gasteiger partial charge in [0.1, 0.15) is 5.75 Å². The van der Waals surface area contributed by atoms with Gasteiger partial charge in [0.2, 0.25) is 5.91 Å². The summed E-state index contributed by atoms with van der Waals surface area (Å²) in [5.41, 5.74) is 4.45. The molecule has 2 N–H and O–H groups in total. The minimum absolute atomic E-state index is 0.0115. The Hall–Kier alpha value is -2.38. The summed E-state index contributed by atoms with van der Waals surface area (Å²) < 4.78 is 5.23. The first kappa shape index (κ1) is 18.0. The number of ketones is 1. The number of thiophene rings is 1. The minimum Gasteiger partial charge on any atom is -0.482 e. The number of hydrazine groups is 1. The van der Waals surface area contributed by atoms with E-state index in [2.05, 4.69) is 10.9 Å². The fourth-order valence-corrected chi connectivity index (χ4v) is 2.62. The molecule has 0 saturated carbocycles. The lowest BCUT2D eigenvalue weighted by molar-refractivity contribution is -0.130. The van der Waals surface area contributed by atoms with Crippen LogP contribution in [0.25, 0.3) is 0 Å². The van der Waals surface area contributed by atoms with Gasteiger partial charge in [-0.1, -0.05) is 29.8 Å². The molecule has 0 unspecified atom stereocenters. The molecule has 1 heterocycles. The summed E-state index contributed by atoms with van der Waals surface area (Å²) in [5.74, 6) is -0.713. The second-order valence-corrected chi connectivity index (χ2v) is 6.07. The Morgan fingerprint density at radius 1 is 1.00 bits per heavy atom. The predicted octanol–water partition coefficient (Wildman–Crippen LogP) is 2.59. The van der Waals surface area contributed by atoms with Crippen molar-refractivity contribution < 1.29 is 19.1 Å². The number of halogens is 1. The lowest BCUT2D eigenvalue weighted by atomic mass is 10.2. The van der Waals surface area contributed by atoms with Crippen molar-refractivity contribution in [3.8, 4) is 5.75 Å². The first-order chi connectivity index (χ1) is 11.6. The fourth-order valence-electron chi connectivity index (χ4n) is 1.73. The summed E-state index contributed by atoms with van der Waals surface area (Å²) in [4.78, 5) is 35.6. The Morgan fingerprint density at radius 3 is 2.46 bits per heavy atom. The van der Waals surface area contributed by atoms with E-state index in [9.17, 15) is 14.4 Å². The largest absolute Gasteiger partial charge is 0.482 e. The normalized spacial score (nSPS) is 10.0. The van der Waals surface area contributed by atoms with Crippen LogP contribution in [0.5, 0.6) is 5.75 Å². The number of hydrogen-bond donors (Lipinski definition) is 2. The van der Waals surface area contributed by atoms with Crippen molar-refractivity contribution in [2.45, 2.75) is 12.8 Å². The van der Waals surface area contributed by atoms with E-state index in [1.807, 2.05) is 0 Å². The molecule has 0 aliphatic heterocycles. The summed E-state index contributed by atoms with van der Waals surface area (Å²) >= 11 is 7.22. The van der Waals surface area contributed by atoms with Gasteiger partial charge in [0, 0.05) is 12.8 Å². The van der Waals surface area contributed by atoms with Crippen LogP contribution in [0.3, 0.4) is 0 Å². The van der Waals surface area contributed by atoms with Crippen LogP contribution >= 0.6 is 22.9 Å². The zero-order valence-electron chi connectivity index (χ0n) is 12.6. The van der Waals surface area contributed by atoms with Crippen molar-refractivity contribution in [2.24, 2.45) is 0 Å². The lowest BCUT2D eigenvalue weighted by Gasteiger charge is -2.09. The molecule has 2 aromatic rings. The van der Waals surface area contributed by atoms with Crippen LogP contribution in [0, 0.1) is 0 Å². The number of rotatable bonds is 7. The van der Waals surface area contributed by atoms with Gasteiger partial charge in [0.25, 0.3) is 5.91 Å². The van der Waals surface area contributed by atoms with Crippen molar-refractivity contribution >= 4 is 40.5 Å². The molecule has 0 radical (unpaired) electrons. The van der Waals surface area contributed by atoms with Gasteiger partial charge in [-0.25, -0.2) is 0 Å². The molecule has 1 aromatic carbocycles. The second-order valence-electron chi connectivity index (χ2n) is 4.72. The fraction of sp³-hybridized carbons (Fsp3) is 0.188. The Bertz CT molecular complexity index is 719. The van der Waals surface area contributed by atoms with Crippen LogP contribution in [0.1, 0.15) is 22.5 Å². The van der Waals surface area contributed by atoms with E-state index in [1.54, 1.807) is 41.8 Å². The summed E-state index contributed by atoms with van der Waals surface area (Å²) in [5, 5.41) is 2.19. The molecule has 2 amide bonds. The quantitative estimate of drug-likeness (QED) is 0.582. The molecule has 0 fully saturated rings. The summed E-state index contributed by atoms with van der Waals surface area (Å²) in [6, 6.07) is 10.2. The highest BCUT2D eigenvalue weighted by molar-refractivity contribution is 7.12. The van der Waals surface area contributed by atoms with Gasteiger partial charge in [-0.3, -0.25) is 25.2 Å². The van der Waals surface area contributed by atoms with Gasteiger partial charge in [0.15, 0.2) is 12.4 Å². The zero-order chi connectivity index (χ0) is 17.4. The third-order valence-electron chi connectivity index (χ3n) is 2.91. The Kier molecular flexibility index (Phi) is 6.77. The molecule has 8 heteroatoms. The molecule has 126 valence electrons. The lowest BCUT2D eigenvalue weighted by Crippen LogP contribution is -2.43. The molecule has 0 atom stereocenters. The van der Waals surface area contributed by atoms with Crippen molar-refractivity contribution in [2.75, 3.05) is 6.61 Å². The van der Waals surface area contributed by atoms with Gasteiger partial charge in [-0.15, -0.1) is 11.3 Å². The number of nitrogens with one attached hydrogen (secondary N) is 2. The number of amides is 2. The molecule has 0 aliphatic carbocycles. The minimum atomic E-state index is -0.534. The van der Waals surface area contributed by atoms with Gasteiger partial charge >= 0.3 is 0 Å². The summed E-state index contributed by atoms with van der Waals surface area (Å²) in [6.45, 7) is -0.294. The van der Waals surface area contributed by atoms with E-state index in [4.69, 9.17) is 16.3 Å². The van der Waals surface area contributed by atoms with Crippen LogP contribution in [0.2, 0.25) is 5.02 Å². The highest BCUT2D eigenvalue weighted by Gasteiger charge is 2.11. The Labute approximate surface area is 147 Å². The number of para-hydroxylation sites is 1. The molecule has 0 aliphatic rings. The van der Waals surface area contributed by atoms with Crippen LogP contribution in [0.4, 0.5) is 0 Å². The SMILES string of the molecule is O=C(CCC(=O)c1cccs1)NNC(=O)COc1ccccc1Cl. The number of Topliss-reactive ketones (excluding diaryl/α,β-unsaturated/α-hetero) is 1.